The van der Waals surface area contributed by atoms with Crippen LogP contribution >= 0.6 is 0 Å². The van der Waals surface area contributed by atoms with E-state index in [9.17, 15) is 22.0 Å². The molecule has 0 aromatic heterocycles. The zero-order valence-electron chi connectivity index (χ0n) is 14.2. The zero-order valence-corrected chi connectivity index (χ0v) is 15.0. The number of carbonyl (C=O) groups excluding carboxylic acids is 1. The molecule has 26 heavy (non-hydrogen) atoms. The number of nitrogens with one attached hydrogen (secondary N) is 2. The van der Waals surface area contributed by atoms with E-state index < -0.39 is 33.6 Å². The lowest BCUT2D eigenvalue weighted by molar-refractivity contribution is -0.117. The van der Waals surface area contributed by atoms with E-state index in [2.05, 4.69) is 10.0 Å². The van der Waals surface area contributed by atoms with Crippen molar-refractivity contribution in [1.82, 2.24) is 10.0 Å². The minimum Gasteiger partial charge on any atom is -0.346 e. The van der Waals surface area contributed by atoms with E-state index in [1.54, 1.807) is 19.1 Å². The van der Waals surface area contributed by atoms with Crippen LogP contribution in [0.2, 0.25) is 0 Å². The summed E-state index contributed by atoms with van der Waals surface area (Å²) in [6.45, 7) is 1.65. The molecule has 0 radical (unpaired) electrons. The van der Waals surface area contributed by atoms with Crippen LogP contribution in [0.4, 0.5) is 8.78 Å². The average molecular weight is 380 g/mol. The molecule has 0 saturated heterocycles. The zero-order chi connectivity index (χ0) is 19.3. The molecule has 0 saturated carbocycles. The third-order valence-corrected chi connectivity index (χ3v) is 5.12. The summed E-state index contributed by atoms with van der Waals surface area (Å²) in [6, 6.07) is 8.90. The smallest absolute Gasteiger partial charge is 0.244 e. The van der Waals surface area contributed by atoms with E-state index in [1.807, 2.05) is 0 Å². The van der Waals surface area contributed by atoms with Crippen LogP contribution in [-0.4, -0.2) is 21.4 Å². The second-order valence-electron chi connectivity index (χ2n) is 5.51. The summed E-state index contributed by atoms with van der Waals surface area (Å²) >= 11 is 0. The Morgan fingerprint density at radius 2 is 1.73 bits per heavy atom. The molecule has 1 unspecified atom stereocenters. The van der Waals surface area contributed by atoms with Crippen LogP contribution in [0.15, 0.2) is 53.4 Å². The minimum absolute atomic E-state index is 0.119. The van der Waals surface area contributed by atoms with Gasteiger partial charge in [-0.15, -0.1) is 0 Å². The number of benzene rings is 2. The molecule has 0 aliphatic rings. The average Bonchev–Trinajstić information content (AvgIpc) is 2.62. The SMILES string of the molecule is CNS(=O)(=O)c1ccc(/C=C/C(=O)NC(C)c2ccc(F)c(F)c2)cc1. The molecule has 138 valence electrons. The first-order valence-electron chi connectivity index (χ1n) is 7.70. The van der Waals surface area contributed by atoms with E-state index >= 15 is 0 Å². The molecule has 2 aromatic rings. The van der Waals surface area contributed by atoms with Crippen LogP contribution < -0.4 is 10.0 Å². The van der Waals surface area contributed by atoms with Crippen molar-refractivity contribution in [3.05, 3.63) is 71.3 Å². The lowest BCUT2D eigenvalue weighted by Crippen LogP contribution is -2.24. The van der Waals surface area contributed by atoms with Gasteiger partial charge in [-0.05, 0) is 55.4 Å². The fourth-order valence-corrected chi connectivity index (χ4v) is 2.90. The molecule has 0 spiro atoms. The lowest BCUT2D eigenvalue weighted by atomic mass is 10.1. The number of hydrogen-bond acceptors (Lipinski definition) is 3. The summed E-state index contributed by atoms with van der Waals surface area (Å²) in [5, 5.41) is 2.64. The van der Waals surface area contributed by atoms with Crippen molar-refractivity contribution in [3.63, 3.8) is 0 Å². The summed E-state index contributed by atoms with van der Waals surface area (Å²) in [4.78, 5) is 12.1. The monoisotopic (exact) mass is 380 g/mol. The number of hydrogen-bond donors (Lipinski definition) is 2. The topological polar surface area (TPSA) is 75.3 Å². The van der Waals surface area contributed by atoms with Crippen LogP contribution in [0.5, 0.6) is 0 Å². The van der Waals surface area contributed by atoms with Crippen molar-refractivity contribution in [2.45, 2.75) is 17.9 Å². The molecule has 0 fully saturated rings. The van der Waals surface area contributed by atoms with Gasteiger partial charge in [0, 0.05) is 6.08 Å². The van der Waals surface area contributed by atoms with E-state index in [0.29, 0.717) is 11.1 Å². The third-order valence-electron chi connectivity index (χ3n) is 3.69. The lowest BCUT2D eigenvalue weighted by Gasteiger charge is -2.13. The van der Waals surface area contributed by atoms with Gasteiger partial charge in [0.1, 0.15) is 0 Å². The van der Waals surface area contributed by atoms with Crippen molar-refractivity contribution in [3.8, 4) is 0 Å². The Bertz CT molecular complexity index is 926. The molecule has 1 atom stereocenters. The van der Waals surface area contributed by atoms with Gasteiger partial charge in [-0.3, -0.25) is 4.79 Å². The van der Waals surface area contributed by atoms with Crippen LogP contribution in [0.3, 0.4) is 0 Å². The van der Waals surface area contributed by atoms with E-state index in [-0.39, 0.29) is 4.90 Å². The summed E-state index contributed by atoms with van der Waals surface area (Å²) in [6.07, 6.45) is 2.79. The highest BCUT2D eigenvalue weighted by Crippen LogP contribution is 2.16. The summed E-state index contributed by atoms with van der Waals surface area (Å²) in [7, 11) is -2.19. The molecular weight excluding hydrogens is 362 g/mol. The Kier molecular flexibility index (Phi) is 6.23. The van der Waals surface area contributed by atoms with Gasteiger partial charge in [0.15, 0.2) is 11.6 Å². The Balaban J connectivity index is 2.01. The van der Waals surface area contributed by atoms with E-state index in [4.69, 9.17) is 0 Å². The minimum atomic E-state index is -3.51. The molecule has 0 bridgehead atoms. The Morgan fingerprint density at radius 3 is 2.31 bits per heavy atom. The fraction of sp³-hybridized carbons (Fsp3) is 0.167. The van der Waals surface area contributed by atoms with Gasteiger partial charge in [-0.1, -0.05) is 18.2 Å². The largest absolute Gasteiger partial charge is 0.346 e. The van der Waals surface area contributed by atoms with Crippen molar-refractivity contribution < 1.29 is 22.0 Å². The summed E-state index contributed by atoms with van der Waals surface area (Å²) in [5.74, 6) is -2.35. The van der Waals surface area contributed by atoms with E-state index in [1.165, 1.54) is 37.4 Å². The van der Waals surface area contributed by atoms with Crippen LogP contribution in [-0.2, 0) is 14.8 Å². The first-order chi connectivity index (χ1) is 12.2. The van der Waals surface area contributed by atoms with Crippen molar-refractivity contribution in [2.75, 3.05) is 7.05 Å². The van der Waals surface area contributed by atoms with Crippen molar-refractivity contribution in [2.24, 2.45) is 0 Å². The fourth-order valence-electron chi connectivity index (χ4n) is 2.17. The maximum atomic E-state index is 13.2. The summed E-state index contributed by atoms with van der Waals surface area (Å²) in [5.41, 5.74) is 1.07. The molecule has 8 heteroatoms. The molecule has 1 amide bonds. The van der Waals surface area contributed by atoms with Gasteiger partial charge in [0.25, 0.3) is 0 Å². The molecule has 0 aliphatic carbocycles. The van der Waals surface area contributed by atoms with Gasteiger partial charge in [-0.25, -0.2) is 21.9 Å². The quantitative estimate of drug-likeness (QED) is 0.757. The molecular formula is C18H18F2N2O3S. The number of amides is 1. The molecule has 2 rings (SSSR count). The maximum Gasteiger partial charge on any atom is 0.244 e. The maximum absolute atomic E-state index is 13.2. The molecule has 0 aliphatic heterocycles. The van der Waals surface area contributed by atoms with Crippen LogP contribution in [0, 0.1) is 11.6 Å². The van der Waals surface area contributed by atoms with Gasteiger partial charge in [0.05, 0.1) is 10.9 Å². The highest BCUT2D eigenvalue weighted by molar-refractivity contribution is 7.89. The van der Waals surface area contributed by atoms with Crippen LogP contribution in [0.25, 0.3) is 6.08 Å². The third kappa shape index (κ3) is 4.96. The predicted molar refractivity (Wildman–Crippen MR) is 94.6 cm³/mol. The number of halogens is 2. The second-order valence-corrected chi connectivity index (χ2v) is 7.40. The van der Waals surface area contributed by atoms with Gasteiger partial charge in [0.2, 0.25) is 15.9 Å². The summed E-state index contributed by atoms with van der Waals surface area (Å²) < 4.78 is 51.7. The molecule has 2 aromatic carbocycles. The highest BCUT2D eigenvalue weighted by Gasteiger charge is 2.11. The van der Waals surface area contributed by atoms with Gasteiger partial charge < -0.3 is 5.32 Å². The number of sulfonamides is 1. The standard InChI is InChI=1S/C18H18F2N2O3S/c1-12(14-6-9-16(19)17(20)11-14)22-18(23)10-5-13-3-7-15(8-4-13)26(24,25)21-2/h3-12,21H,1-2H3,(H,22,23)/b10-5+. The van der Waals surface area contributed by atoms with Gasteiger partial charge in [-0.2, -0.15) is 0 Å². The van der Waals surface area contributed by atoms with Crippen molar-refractivity contribution >= 4 is 22.0 Å². The number of carbonyl (C=O) groups is 1. The first kappa shape index (κ1) is 19.7. The Hall–Kier alpha value is -2.58. The second kappa shape index (κ2) is 8.20. The van der Waals surface area contributed by atoms with E-state index in [0.717, 1.165) is 12.1 Å². The van der Waals surface area contributed by atoms with Crippen molar-refractivity contribution in [1.29, 1.82) is 0 Å². The Morgan fingerprint density at radius 1 is 1.08 bits per heavy atom. The molecule has 5 nitrogen and oxygen atoms in total. The predicted octanol–water partition coefficient (Wildman–Crippen LogP) is 2.76. The first-order valence-corrected chi connectivity index (χ1v) is 9.18. The normalized spacial score (nSPS) is 12.9. The highest BCUT2D eigenvalue weighted by atomic mass is 32.2. The molecule has 0 heterocycles. The van der Waals surface area contributed by atoms with Gasteiger partial charge >= 0.3 is 0 Å². The molecule has 2 N–H and O–H groups in total. The number of rotatable bonds is 6. The van der Waals surface area contributed by atoms with Crippen LogP contribution in [0.1, 0.15) is 24.1 Å². The Labute approximate surface area is 150 Å².